The van der Waals surface area contributed by atoms with Crippen molar-refractivity contribution in [2.75, 3.05) is 18.4 Å². The molecule has 1 aromatic carbocycles. The lowest BCUT2D eigenvalue weighted by atomic mass is 10.1. The number of rotatable bonds is 7. The van der Waals surface area contributed by atoms with Crippen LogP contribution < -0.4 is 10.6 Å². The van der Waals surface area contributed by atoms with Gasteiger partial charge >= 0.3 is 6.18 Å². The largest absolute Gasteiger partial charge is 0.416 e. The van der Waals surface area contributed by atoms with Crippen LogP contribution in [0.25, 0.3) is 0 Å². The Morgan fingerprint density at radius 3 is 2.29 bits per heavy atom. The van der Waals surface area contributed by atoms with Gasteiger partial charge in [0.2, 0.25) is 5.91 Å². The Balaban J connectivity index is 2.31. The standard InChI is InChI=1S/C15H21F3N2O/c1-11(2)7-9-19-10-8-14(21)20-13-5-3-12(4-6-13)15(16,17)18/h3-6,11,19H,7-10H2,1-2H3,(H,20,21). The van der Waals surface area contributed by atoms with Crippen LogP contribution in [0.1, 0.15) is 32.3 Å². The van der Waals surface area contributed by atoms with Crippen LogP contribution in [-0.2, 0) is 11.0 Å². The van der Waals surface area contributed by atoms with Gasteiger partial charge in [-0.1, -0.05) is 13.8 Å². The van der Waals surface area contributed by atoms with Crippen molar-refractivity contribution in [3.8, 4) is 0 Å². The van der Waals surface area contributed by atoms with Gasteiger partial charge < -0.3 is 10.6 Å². The molecule has 0 spiro atoms. The van der Waals surface area contributed by atoms with Crippen molar-refractivity contribution in [2.24, 2.45) is 5.92 Å². The highest BCUT2D eigenvalue weighted by atomic mass is 19.4. The van der Waals surface area contributed by atoms with Crippen molar-refractivity contribution in [2.45, 2.75) is 32.9 Å². The lowest BCUT2D eigenvalue weighted by molar-refractivity contribution is -0.137. The minimum atomic E-state index is -4.36. The van der Waals surface area contributed by atoms with Gasteiger partial charge in [-0.25, -0.2) is 0 Å². The molecule has 0 heterocycles. The summed E-state index contributed by atoms with van der Waals surface area (Å²) in [6.07, 6.45) is -3.03. The Bertz CT molecular complexity index is 441. The first-order chi connectivity index (χ1) is 9.79. The number of nitrogens with one attached hydrogen (secondary N) is 2. The van der Waals surface area contributed by atoms with Crippen LogP contribution in [0.5, 0.6) is 0 Å². The first-order valence-corrected chi connectivity index (χ1v) is 6.97. The van der Waals surface area contributed by atoms with Crippen LogP contribution in [0.4, 0.5) is 18.9 Å². The molecule has 0 unspecified atom stereocenters. The predicted molar refractivity (Wildman–Crippen MR) is 77.0 cm³/mol. The van der Waals surface area contributed by atoms with E-state index in [1.54, 1.807) is 0 Å². The number of alkyl halides is 3. The van der Waals surface area contributed by atoms with Gasteiger partial charge in [-0.3, -0.25) is 4.79 Å². The van der Waals surface area contributed by atoms with E-state index < -0.39 is 11.7 Å². The van der Waals surface area contributed by atoms with Crippen molar-refractivity contribution in [3.63, 3.8) is 0 Å². The van der Waals surface area contributed by atoms with Gasteiger partial charge in [0.25, 0.3) is 0 Å². The number of carbonyl (C=O) groups is 1. The quantitative estimate of drug-likeness (QED) is 0.755. The van der Waals surface area contributed by atoms with Crippen LogP contribution in [-0.4, -0.2) is 19.0 Å². The molecule has 0 atom stereocenters. The summed E-state index contributed by atoms with van der Waals surface area (Å²) >= 11 is 0. The molecule has 0 aromatic heterocycles. The summed E-state index contributed by atoms with van der Waals surface area (Å²) in [6.45, 7) is 5.66. The molecule has 0 radical (unpaired) electrons. The highest BCUT2D eigenvalue weighted by molar-refractivity contribution is 5.90. The molecule has 0 fully saturated rings. The van der Waals surface area contributed by atoms with Crippen LogP contribution in [0.2, 0.25) is 0 Å². The van der Waals surface area contributed by atoms with Gasteiger partial charge in [-0.05, 0) is 43.1 Å². The van der Waals surface area contributed by atoms with E-state index in [9.17, 15) is 18.0 Å². The van der Waals surface area contributed by atoms with E-state index in [-0.39, 0.29) is 5.91 Å². The Labute approximate surface area is 122 Å². The Hall–Kier alpha value is -1.56. The topological polar surface area (TPSA) is 41.1 Å². The molecule has 0 saturated heterocycles. The summed E-state index contributed by atoms with van der Waals surface area (Å²) in [5, 5.41) is 5.73. The van der Waals surface area contributed by atoms with Crippen LogP contribution >= 0.6 is 0 Å². The van der Waals surface area contributed by atoms with Gasteiger partial charge in [0, 0.05) is 18.7 Å². The molecule has 0 aliphatic rings. The van der Waals surface area contributed by atoms with Crippen LogP contribution in [0.3, 0.4) is 0 Å². The van der Waals surface area contributed by atoms with E-state index in [1.807, 2.05) is 0 Å². The van der Waals surface area contributed by atoms with E-state index in [0.29, 0.717) is 24.6 Å². The van der Waals surface area contributed by atoms with Gasteiger partial charge in [0.05, 0.1) is 5.56 Å². The molecular formula is C15H21F3N2O. The molecule has 118 valence electrons. The van der Waals surface area contributed by atoms with Crippen LogP contribution in [0, 0.1) is 5.92 Å². The Morgan fingerprint density at radius 2 is 1.76 bits per heavy atom. The van der Waals surface area contributed by atoms with E-state index in [0.717, 1.165) is 25.1 Å². The molecule has 0 aliphatic heterocycles. The number of benzene rings is 1. The van der Waals surface area contributed by atoms with E-state index in [4.69, 9.17) is 0 Å². The fraction of sp³-hybridized carbons (Fsp3) is 0.533. The van der Waals surface area contributed by atoms with Crippen molar-refractivity contribution >= 4 is 11.6 Å². The van der Waals surface area contributed by atoms with Crippen molar-refractivity contribution in [1.29, 1.82) is 0 Å². The second-order valence-corrected chi connectivity index (χ2v) is 5.31. The van der Waals surface area contributed by atoms with Crippen LogP contribution in [0.15, 0.2) is 24.3 Å². The molecule has 3 nitrogen and oxygen atoms in total. The van der Waals surface area contributed by atoms with Crippen molar-refractivity contribution in [3.05, 3.63) is 29.8 Å². The molecule has 0 aliphatic carbocycles. The van der Waals surface area contributed by atoms with E-state index in [2.05, 4.69) is 24.5 Å². The summed E-state index contributed by atoms with van der Waals surface area (Å²) in [4.78, 5) is 11.6. The third kappa shape index (κ3) is 7.13. The lowest BCUT2D eigenvalue weighted by Gasteiger charge is -2.09. The second-order valence-electron chi connectivity index (χ2n) is 5.31. The molecule has 0 bridgehead atoms. The first-order valence-electron chi connectivity index (χ1n) is 6.97. The molecule has 1 aromatic rings. The van der Waals surface area contributed by atoms with Gasteiger partial charge in [0.15, 0.2) is 0 Å². The van der Waals surface area contributed by atoms with E-state index in [1.165, 1.54) is 12.1 Å². The highest BCUT2D eigenvalue weighted by Gasteiger charge is 2.29. The highest BCUT2D eigenvalue weighted by Crippen LogP contribution is 2.29. The summed E-state index contributed by atoms with van der Waals surface area (Å²) in [7, 11) is 0. The minimum absolute atomic E-state index is 0.216. The zero-order valence-corrected chi connectivity index (χ0v) is 12.3. The summed E-state index contributed by atoms with van der Waals surface area (Å²) in [5.41, 5.74) is -0.356. The number of carbonyl (C=O) groups excluding carboxylic acids is 1. The molecule has 1 amide bonds. The maximum atomic E-state index is 12.4. The number of amides is 1. The average molecular weight is 302 g/mol. The molecule has 2 N–H and O–H groups in total. The summed E-state index contributed by atoms with van der Waals surface area (Å²) in [5.74, 6) is 0.394. The average Bonchev–Trinajstić information content (AvgIpc) is 2.37. The Morgan fingerprint density at radius 1 is 1.14 bits per heavy atom. The fourth-order valence-electron chi connectivity index (χ4n) is 1.68. The number of anilines is 1. The number of hydrogen-bond acceptors (Lipinski definition) is 2. The normalized spacial score (nSPS) is 11.7. The lowest BCUT2D eigenvalue weighted by Crippen LogP contribution is -2.23. The summed E-state index contributed by atoms with van der Waals surface area (Å²) in [6, 6.07) is 4.42. The molecule has 0 saturated carbocycles. The fourth-order valence-corrected chi connectivity index (χ4v) is 1.68. The first kappa shape index (κ1) is 17.5. The summed E-state index contributed by atoms with van der Waals surface area (Å²) < 4.78 is 37.1. The molecule has 1 rings (SSSR count). The monoisotopic (exact) mass is 302 g/mol. The minimum Gasteiger partial charge on any atom is -0.326 e. The van der Waals surface area contributed by atoms with Gasteiger partial charge in [0.1, 0.15) is 0 Å². The zero-order valence-electron chi connectivity index (χ0n) is 12.3. The molecule has 6 heteroatoms. The molecule has 21 heavy (non-hydrogen) atoms. The number of hydrogen-bond donors (Lipinski definition) is 2. The smallest absolute Gasteiger partial charge is 0.326 e. The van der Waals surface area contributed by atoms with Crippen molar-refractivity contribution in [1.82, 2.24) is 5.32 Å². The SMILES string of the molecule is CC(C)CCNCCC(=O)Nc1ccc(C(F)(F)F)cc1. The van der Waals surface area contributed by atoms with Crippen molar-refractivity contribution < 1.29 is 18.0 Å². The predicted octanol–water partition coefficient (Wildman–Crippen LogP) is 3.67. The third-order valence-corrected chi connectivity index (χ3v) is 2.92. The molecular weight excluding hydrogens is 281 g/mol. The maximum Gasteiger partial charge on any atom is 0.416 e. The van der Waals surface area contributed by atoms with Gasteiger partial charge in [-0.15, -0.1) is 0 Å². The van der Waals surface area contributed by atoms with Gasteiger partial charge in [-0.2, -0.15) is 13.2 Å². The number of halogens is 3. The zero-order chi connectivity index (χ0) is 15.9. The Kier molecular flexibility index (Phi) is 6.68. The second kappa shape index (κ2) is 8.02. The van der Waals surface area contributed by atoms with E-state index >= 15 is 0 Å². The maximum absolute atomic E-state index is 12.4. The third-order valence-electron chi connectivity index (χ3n) is 2.92.